The summed E-state index contributed by atoms with van der Waals surface area (Å²) in [5.74, 6) is -0.427. The van der Waals surface area contributed by atoms with Crippen molar-refractivity contribution >= 4 is 26.0 Å². The summed E-state index contributed by atoms with van der Waals surface area (Å²) >= 11 is 3.28. The molecule has 0 radical (unpaired) electrons. The van der Waals surface area contributed by atoms with E-state index >= 15 is 0 Å². The fourth-order valence-electron chi connectivity index (χ4n) is 1.51. The maximum Gasteiger partial charge on any atom is 0.210 e. The topological polar surface area (TPSA) is 63.4 Å². The van der Waals surface area contributed by atoms with Crippen molar-refractivity contribution in [2.24, 2.45) is 5.14 Å². The van der Waals surface area contributed by atoms with Crippen molar-refractivity contribution in [3.05, 3.63) is 34.1 Å². The van der Waals surface area contributed by atoms with Crippen molar-refractivity contribution in [2.75, 3.05) is 18.8 Å². The number of benzene rings is 1. The number of hydrogen-bond donors (Lipinski definition) is 1. The fraction of sp³-hybridized carbons (Fsp3) is 0.455. The van der Waals surface area contributed by atoms with E-state index in [4.69, 9.17) is 5.14 Å². The van der Waals surface area contributed by atoms with Gasteiger partial charge in [0.1, 0.15) is 5.82 Å². The second-order valence-corrected chi connectivity index (χ2v) is 6.62. The molecule has 1 aromatic carbocycles. The highest BCUT2D eigenvalue weighted by Gasteiger charge is 2.11. The van der Waals surface area contributed by atoms with Crippen LogP contribution in [0.25, 0.3) is 0 Å². The highest BCUT2D eigenvalue weighted by atomic mass is 79.9. The molecule has 7 heteroatoms. The van der Waals surface area contributed by atoms with Crippen molar-refractivity contribution in [3.63, 3.8) is 0 Å². The van der Waals surface area contributed by atoms with Crippen LogP contribution in [0.5, 0.6) is 0 Å². The van der Waals surface area contributed by atoms with Crippen LogP contribution >= 0.6 is 15.9 Å². The molecule has 2 N–H and O–H groups in total. The average molecular weight is 339 g/mol. The Morgan fingerprint density at radius 1 is 1.44 bits per heavy atom. The second-order valence-electron chi connectivity index (χ2n) is 3.97. The van der Waals surface area contributed by atoms with Gasteiger partial charge in [0.15, 0.2) is 0 Å². The maximum absolute atomic E-state index is 13.6. The molecule has 0 aliphatic carbocycles. The van der Waals surface area contributed by atoms with Crippen molar-refractivity contribution in [3.8, 4) is 0 Å². The van der Waals surface area contributed by atoms with Gasteiger partial charge in [-0.05, 0) is 24.7 Å². The first-order chi connectivity index (χ1) is 8.31. The molecular formula is C11H16BrFN2O2S. The molecular weight excluding hydrogens is 323 g/mol. The molecule has 0 unspecified atom stereocenters. The highest BCUT2D eigenvalue weighted by molar-refractivity contribution is 9.10. The number of halogens is 2. The molecule has 0 heterocycles. The molecule has 102 valence electrons. The van der Waals surface area contributed by atoms with E-state index in [0.717, 1.165) is 4.47 Å². The third-order valence-electron chi connectivity index (χ3n) is 2.54. The highest BCUT2D eigenvalue weighted by Crippen LogP contribution is 2.17. The molecule has 0 bridgehead atoms. The standard InChI is InChI=1S/C11H16BrFN2O2S/c1-2-15(5-6-18(14,16)17)8-9-7-10(12)3-4-11(9)13/h3-4,7H,2,5-6,8H2,1H3,(H2,14,16,17). The monoisotopic (exact) mass is 338 g/mol. The predicted octanol–water partition coefficient (Wildman–Crippen LogP) is 1.70. The lowest BCUT2D eigenvalue weighted by Gasteiger charge is -2.20. The summed E-state index contributed by atoms with van der Waals surface area (Å²) in [7, 11) is -3.48. The van der Waals surface area contributed by atoms with Crippen LogP contribution in [0.1, 0.15) is 12.5 Å². The molecule has 0 atom stereocenters. The summed E-state index contributed by atoms with van der Waals surface area (Å²) in [6.07, 6.45) is 0. The second kappa shape index (κ2) is 6.60. The SMILES string of the molecule is CCN(CCS(N)(=O)=O)Cc1cc(Br)ccc1F. The van der Waals surface area contributed by atoms with Crippen LogP contribution in [0.2, 0.25) is 0 Å². The van der Waals surface area contributed by atoms with E-state index in [-0.39, 0.29) is 11.6 Å². The molecule has 0 fully saturated rings. The van der Waals surface area contributed by atoms with Crippen molar-refractivity contribution in [1.29, 1.82) is 0 Å². The maximum atomic E-state index is 13.6. The van der Waals surface area contributed by atoms with Gasteiger partial charge in [-0.2, -0.15) is 0 Å². The van der Waals surface area contributed by atoms with Crippen LogP contribution < -0.4 is 5.14 Å². The summed E-state index contributed by atoms with van der Waals surface area (Å²) in [5.41, 5.74) is 0.528. The zero-order valence-electron chi connectivity index (χ0n) is 10.1. The van der Waals surface area contributed by atoms with Crippen molar-refractivity contribution in [2.45, 2.75) is 13.5 Å². The lowest BCUT2D eigenvalue weighted by molar-refractivity contribution is 0.292. The van der Waals surface area contributed by atoms with Crippen LogP contribution in [0, 0.1) is 5.82 Å². The van der Waals surface area contributed by atoms with Crippen molar-refractivity contribution < 1.29 is 12.8 Å². The normalized spacial score (nSPS) is 12.1. The van der Waals surface area contributed by atoms with E-state index in [1.165, 1.54) is 6.07 Å². The summed E-state index contributed by atoms with van der Waals surface area (Å²) in [5, 5.41) is 4.95. The van der Waals surface area contributed by atoms with Crippen LogP contribution in [0.3, 0.4) is 0 Å². The Balaban J connectivity index is 2.70. The molecule has 1 rings (SSSR count). The van der Waals surface area contributed by atoms with Crippen molar-refractivity contribution in [1.82, 2.24) is 4.90 Å². The average Bonchev–Trinajstić information content (AvgIpc) is 2.27. The summed E-state index contributed by atoms with van der Waals surface area (Å²) in [4.78, 5) is 1.83. The first-order valence-electron chi connectivity index (χ1n) is 5.48. The first kappa shape index (κ1) is 15.6. The molecule has 0 aliphatic heterocycles. The first-order valence-corrected chi connectivity index (χ1v) is 7.99. The van der Waals surface area contributed by atoms with E-state index in [1.807, 2.05) is 11.8 Å². The molecule has 0 amide bonds. The van der Waals surface area contributed by atoms with Gasteiger partial charge in [0, 0.05) is 23.1 Å². The number of hydrogen-bond acceptors (Lipinski definition) is 3. The molecule has 0 spiro atoms. The number of sulfonamides is 1. The number of primary sulfonamides is 1. The quantitative estimate of drug-likeness (QED) is 0.858. The Kier molecular flexibility index (Phi) is 5.71. The molecule has 0 saturated carbocycles. The van der Waals surface area contributed by atoms with Gasteiger partial charge in [-0.25, -0.2) is 17.9 Å². The lowest BCUT2D eigenvalue weighted by atomic mass is 10.2. The van der Waals surface area contributed by atoms with Gasteiger partial charge < -0.3 is 0 Å². The predicted molar refractivity (Wildman–Crippen MR) is 73.0 cm³/mol. The minimum atomic E-state index is -3.48. The zero-order chi connectivity index (χ0) is 13.8. The van der Waals surface area contributed by atoms with Gasteiger partial charge in [-0.15, -0.1) is 0 Å². The Morgan fingerprint density at radius 2 is 2.11 bits per heavy atom. The van der Waals surface area contributed by atoms with Gasteiger partial charge in [0.2, 0.25) is 10.0 Å². The van der Waals surface area contributed by atoms with E-state index in [9.17, 15) is 12.8 Å². The molecule has 0 aromatic heterocycles. The van der Waals surface area contributed by atoms with Crippen LogP contribution in [0.4, 0.5) is 4.39 Å². The minimum Gasteiger partial charge on any atom is -0.298 e. The molecule has 0 saturated heterocycles. The Bertz CT molecular complexity index is 508. The lowest BCUT2D eigenvalue weighted by Crippen LogP contribution is -2.31. The molecule has 1 aromatic rings. The molecule has 0 aliphatic rings. The number of nitrogens with two attached hydrogens (primary N) is 1. The minimum absolute atomic E-state index is 0.129. The smallest absolute Gasteiger partial charge is 0.210 e. The van der Waals surface area contributed by atoms with E-state index in [0.29, 0.717) is 25.2 Å². The van der Waals surface area contributed by atoms with Gasteiger partial charge in [0.25, 0.3) is 0 Å². The zero-order valence-corrected chi connectivity index (χ0v) is 12.5. The number of nitrogens with zero attached hydrogens (tertiary/aromatic N) is 1. The summed E-state index contributed by atoms with van der Waals surface area (Å²) in [6, 6.07) is 4.70. The third-order valence-corrected chi connectivity index (χ3v) is 3.79. The summed E-state index contributed by atoms with van der Waals surface area (Å²) in [6.45, 7) is 3.17. The third kappa shape index (κ3) is 5.43. The summed E-state index contributed by atoms with van der Waals surface area (Å²) < 4.78 is 36.1. The van der Waals surface area contributed by atoms with Crippen LogP contribution in [-0.2, 0) is 16.6 Å². The Hall–Kier alpha value is -0.500. The Labute approximate surface area is 115 Å². The molecule has 4 nitrogen and oxygen atoms in total. The van der Waals surface area contributed by atoms with E-state index in [1.54, 1.807) is 12.1 Å². The Morgan fingerprint density at radius 3 is 2.67 bits per heavy atom. The van der Waals surface area contributed by atoms with Gasteiger partial charge in [-0.3, -0.25) is 4.90 Å². The molecule has 18 heavy (non-hydrogen) atoms. The van der Waals surface area contributed by atoms with Gasteiger partial charge >= 0.3 is 0 Å². The van der Waals surface area contributed by atoms with E-state index < -0.39 is 10.0 Å². The van der Waals surface area contributed by atoms with Crippen LogP contribution in [0.15, 0.2) is 22.7 Å². The number of rotatable bonds is 6. The van der Waals surface area contributed by atoms with Gasteiger partial charge in [-0.1, -0.05) is 22.9 Å². The van der Waals surface area contributed by atoms with E-state index in [2.05, 4.69) is 15.9 Å². The fourth-order valence-corrected chi connectivity index (χ4v) is 2.43. The largest absolute Gasteiger partial charge is 0.298 e. The van der Waals surface area contributed by atoms with Gasteiger partial charge in [0.05, 0.1) is 5.75 Å². The van der Waals surface area contributed by atoms with Crippen LogP contribution in [-0.4, -0.2) is 32.2 Å².